The third-order valence-electron chi connectivity index (χ3n) is 5.81. The first-order valence-electron chi connectivity index (χ1n) is 10.6. The van der Waals surface area contributed by atoms with Crippen molar-refractivity contribution in [3.63, 3.8) is 0 Å². The molecule has 1 aliphatic heterocycles. The zero-order chi connectivity index (χ0) is 22.0. The number of piperidine rings is 1. The Morgan fingerprint density at radius 3 is 2.58 bits per heavy atom. The van der Waals surface area contributed by atoms with Crippen LogP contribution in [0.2, 0.25) is 0 Å². The van der Waals surface area contributed by atoms with Gasteiger partial charge in [-0.25, -0.2) is 8.42 Å². The van der Waals surface area contributed by atoms with Gasteiger partial charge in [0.05, 0.1) is 11.4 Å². The van der Waals surface area contributed by atoms with Crippen molar-refractivity contribution in [3.05, 3.63) is 66.4 Å². The van der Waals surface area contributed by atoms with Crippen molar-refractivity contribution in [2.45, 2.75) is 37.5 Å². The predicted molar refractivity (Wildman–Crippen MR) is 122 cm³/mol. The molecule has 1 aromatic heterocycles. The first-order chi connectivity index (χ1) is 14.9. The van der Waals surface area contributed by atoms with Gasteiger partial charge < -0.3 is 5.32 Å². The molecule has 1 N–H and O–H groups in total. The summed E-state index contributed by atoms with van der Waals surface area (Å²) >= 11 is 0. The molecule has 1 aliphatic rings. The first kappa shape index (κ1) is 21.5. The smallest absolute Gasteiger partial charge is 0.245 e. The number of rotatable bonds is 5. The second-order valence-corrected chi connectivity index (χ2v) is 10.2. The van der Waals surface area contributed by atoms with Crippen molar-refractivity contribution < 1.29 is 13.2 Å². The quantitative estimate of drug-likeness (QED) is 0.642. The minimum absolute atomic E-state index is 0.145. The molecule has 0 aliphatic carbocycles. The Balaban J connectivity index is 1.51. The Bertz CT molecular complexity index is 1180. The third kappa shape index (κ3) is 4.48. The van der Waals surface area contributed by atoms with Crippen LogP contribution in [0.1, 0.15) is 38.2 Å². The normalized spacial score (nSPS) is 17.7. The van der Waals surface area contributed by atoms with E-state index >= 15 is 0 Å². The van der Waals surface area contributed by atoms with Crippen molar-refractivity contribution >= 4 is 32.5 Å². The van der Waals surface area contributed by atoms with Gasteiger partial charge in [-0.05, 0) is 48.6 Å². The number of para-hydroxylation sites is 1. The maximum absolute atomic E-state index is 13.4. The third-order valence-corrected chi connectivity index (χ3v) is 7.71. The number of carbonyl (C=O) groups excluding carboxylic acids is 1. The first-order valence-corrected chi connectivity index (χ1v) is 12.0. The highest BCUT2D eigenvalue weighted by Crippen LogP contribution is 2.28. The summed E-state index contributed by atoms with van der Waals surface area (Å²) in [6, 6.07) is 16.6. The SMILES string of the molecule is CC(C)c1ccc(NC(=O)[C@@H]2CCCN(S(=O)(=O)c3cccc4cccnc34)C2)cc1. The van der Waals surface area contributed by atoms with Gasteiger partial charge >= 0.3 is 0 Å². The lowest BCUT2D eigenvalue weighted by atomic mass is 9.98. The van der Waals surface area contributed by atoms with Gasteiger partial charge in [0.25, 0.3) is 0 Å². The second-order valence-electron chi connectivity index (χ2n) is 8.30. The summed E-state index contributed by atoms with van der Waals surface area (Å²) < 4.78 is 28.2. The molecule has 1 atom stereocenters. The van der Waals surface area contributed by atoms with Crippen molar-refractivity contribution in [2.75, 3.05) is 18.4 Å². The largest absolute Gasteiger partial charge is 0.326 e. The Labute approximate surface area is 183 Å². The molecule has 1 saturated heterocycles. The summed E-state index contributed by atoms with van der Waals surface area (Å²) in [6.07, 6.45) is 2.90. The molecule has 4 rings (SSSR count). The van der Waals surface area contributed by atoms with Crippen LogP contribution in [0.15, 0.2) is 65.7 Å². The number of pyridine rings is 1. The molecule has 7 heteroatoms. The summed E-state index contributed by atoms with van der Waals surface area (Å²) in [5.74, 6) is -0.116. The average Bonchev–Trinajstić information content (AvgIpc) is 2.79. The van der Waals surface area contributed by atoms with Gasteiger partial charge in [0.2, 0.25) is 15.9 Å². The number of amides is 1. The van der Waals surface area contributed by atoms with Gasteiger partial charge in [-0.1, -0.05) is 44.2 Å². The molecule has 1 amide bonds. The van der Waals surface area contributed by atoms with Crippen LogP contribution in [-0.2, 0) is 14.8 Å². The van der Waals surface area contributed by atoms with Crippen LogP contribution < -0.4 is 5.32 Å². The van der Waals surface area contributed by atoms with Crippen LogP contribution in [0.25, 0.3) is 10.9 Å². The predicted octanol–water partition coefficient (Wildman–Crippen LogP) is 4.40. The average molecular weight is 438 g/mol. The van der Waals surface area contributed by atoms with E-state index in [0.717, 1.165) is 11.1 Å². The van der Waals surface area contributed by atoms with E-state index < -0.39 is 15.9 Å². The van der Waals surface area contributed by atoms with Crippen LogP contribution in [0.5, 0.6) is 0 Å². The lowest BCUT2D eigenvalue weighted by molar-refractivity contribution is -0.120. The number of carbonyl (C=O) groups is 1. The number of nitrogens with one attached hydrogen (secondary N) is 1. The number of sulfonamides is 1. The molecule has 0 spiro atoms. The van der Waals surface area contributed by atoms with Gasteiger partial charge in [0.1, 0.15) is 4.90 Å². The summed E-state index contributed by atoms with van der Waals surface area (Å²) in [5, 5.41) is 3.72. The number of hydrogen-bond acceptors (Lipinski definition) is 4. The summed E-state index contributed by atoms with van der Waals surface area (Å²) in [4.78, 5) is 17.3. The number of nitrogens with zero attached hydrogens (tertiary/aromatic N) is 2. The number of benzene rings is 2. The molecule has 1 fully saturated rings. The van der Waals surface area contributed by atoms with E-state index in [2.05, 4.69) is 24.1 Å². The van der Waals surface area contributed by atoms with Crippen molar-refractivity contribution in [1.29, 1.82) is 0 Å². The number of aromatic nitrogens is 1. The molecule has 162 valence electrons. The molecule has 0 bridgehead atoms. The Hall–Kier alpha value is -2.77. The van der Waals surface area contributed by atoms with Gasteiger partial charge in [0.15, 0.2) is 0 Å². The molecule has 2 heterocycles. The van der Waals surface area contributed by atoms with E-state index in [4.69, 9.17) is 0 Å². The van der Waals surface area contributed by atoms with E-state index in [0.29, 0.717) is 30.8 Å². The monoisotopic (exact) mass is 437 g/mol. The van der Waals surface area contributed by atoms with E-state index in [9.17, 15) is 13.2 Å². The maximum atomic E-state index is 13.4. The Kier molecular flexibility index (Phi) is 6.07. The topological polar surface area (TPSA) is 79.4 Å². The summed E-state index contributed by atoms with van der Waals surface area (Å²) in [6.45, 7) is 4.81. The van der Waals surface area contributed by atoms with Crippen LogP contribution in [-0.4, -0.2) is 36.7 Å². The highest BCUT2D eigenvalue weighted by atomic mass is 32.2. The molecule has 3 aromatic rings. The fraction of sp³-hybridized carbons (Fsp3) is 0.333. The summed E-state index contributed by atoms with van der Waals surface area (Å²) in [5.41, 5.74) is 2.39. The Morgan fingerprint density at radius 2 is 1.84 bits per heavy atom. The molecule has 31 heavy (non-hydrogen) atoms. The fourth-order valence-corrected chi connectivity index (χ4v) is 5.68. The molecule has 6 nitrogen and oxygen atoms in total. The van der Waals surface area contributed by atoms with Gasteiger partial charge in [-0.3, -0.25) is 9.78 Å². The standard InChI is InChI=1S/C24H27N3O3S/c1-17(2)18-10-12-21(13-11-18)26-24(28)20-8-5-15-27(16-20)31(29,30)22-9-3-6-19-7-4-14-25-23(19)22/h3-4,6-7,9-14,17,20H,5,8,15-16H2,1-2H3,(H,26,28)/t20-/m1/s1. The highest BCUT2D eigenvalue weighted by molar-refractivity contribution is 7.89. The number of anilines is 1. The molecule has 0 unspecified atom stereocenters. The van der Waals surface area contributed by atoms with E-state index in [1.165, 1.54) is 9.87 Å². The number of fused-ring (bicyclic) bond motifs is 1. The fourth-order valence-electron chi connectivity index (χ4n) is 3.99. The number of hydrogen-bond donors (Lipinski definition) is 1. The van der Waals surface area contributed by atoms with E-state index in [1.54, 1.807) is 24.4 Å². The van der Waals surface area contributed by atoms with Gasteiger partial charge in [-0.15, -0.1) is 0 Å². The highest BCUT2D eigenvalue weighted by Gasteiger charge is 2.34. The van der Waals surface area contributed by atoms with Crippen molar-refractivity contribution in [2.24, 2.45) is 5.92 Å². The van der Waals surface area contributed by atoms with Crippen molar-refractivity contribution in [1.82, 2.24) is 9.29 Å². The van der Waals surface area contributed by atoms with Crippen LogP contribution >= 0.6 is 0 Å². The van der Waals surface area contributed by atoms with Crippen LogP contribution in [0.4, 0.5) is 5.69 Å². The molecule has 2 aromatic carbocycles. The lowest BCUT2D eigenvalue weighted by Crippen LogP contribution is -2.43. The maximum Gasteiger partial charge on any atom is 0.245 e. The van der Waals surface area contributed by atoms with Crippen LogP contribution in [0.3, 0.4) is 0 Å². The molecular weight excluding hydrogens is 410 g/mol. The zero-order valence-corrected chi connectivity index (χ0v) is 18.6. The Morgan fingerprint density at radius 1 is 1.10 bits per heavy atom. The zero-order valence-electron chi connectivity index (χ0n) is 17.8. The summed E-state index contributed by atoms with van der Waals surface area (Å²) in [7, 11) is -3.75. The van der Waals surface area contributed by atoms with Gasteiger partial charge in [-0.2, -0.15) is 4.31 Å². The van der Waals surface area contributed by atoms with Crippen LogP contribution in [0, 0.1) is 5.92 Å². The minimum Gasteiger partial charge on any atom is -0.326 e. The van der Waals surface area contributed by atoms with E-state index in [-0.39, 0.29) is 17.3 Å². The van der Waals surface area contributed by atoms with Crippen molar-refractivity contribution in [3.8, 4) is 0 Å². The molecule has 0 saturated carbocycles. The second kappa shape index (κ2) is 8.77. The van der Waals surface area contributed by atoms with E-state index in [1.807, 2.05) is 36.4 Å². The lowest BCUT2D eigenvalue weighted by Gasteiger charge is -2.31. The van der Waals surface area contributed by atoms with Gasteiger partial charge in [0, 0.05) is 30.4 Å². The molecule has 0 radical (unpaired) electrons. The minimum atomic E-state index is -3.75. The molecular formula is C24H27N3O3S.